The number of nitrogens with zero attached hydrogens (tertiary/aromatic N) is 3. The van der Waals surface area contributed by atoms with Gasteiger partial charge in [-0.05, 0) is 19.4 Å². The molecule has 0 unspecified atom stereocenters. The highest BCUT2D eigenvalue weighted by molar-refractivity contribution is 5.91. The molecule has 1 fully saturated rings. The summed E-state index contributed by atoms with van der Waals surface area (Å²) in [5.74, 6) is 0.683. The van der Waals surface area contributed by atoms with Gasteiger partial charge in [0.2, 0.25) is 5.91 Å². The molecule has 24 heavy (non-hydrogen) atoms. The lowest BCUT2D eigenvalue weighted by Crippen LogP contribution is -2.46. The number of nitrogens with one attached hydrogen (secondary N) is 1. The quantitative estimate of drug-likeness (QED) is 0.934. The fourth-order valence-electron chi connectivity index (χ4n) is 3.12. The predicted octanol–water partition coefficient (Wildman–Crippen LogP) is 2.13. The third-order valence-electron chi connectivity index (χ3n) is 4.27. The van der Waals surface area contributed by atoms with Gasteiger partial charge in [-0.15, -0.1) is 0 Å². The molecule has 0 bridgehead atoms. The lowest BCUT2D eigenvalue weighted by atomic mass is 10.0. The van der Waals surface area contributed by atoms with E-state index in [1.54, 1.807) is 4.68 Å². The van der Waals surface area contributed by atoms with Crippen LogP contribution in [0.3, 0.4) is 0 Å². The number of aromatic nitrogens is 2. The van der Waals surface area contributed by atoms with Crippen molar-refractivity contribution in [2.75, 3.05) is 25.0 Å². The molecule has 2 aromatic rings. The number of hydrogen-bond acceptors (Lipinski definition) is 4. The van der Waals surface area contributed by atoms with Crippen LogP contribution in [-0.4, -0.2) is 46.4 Å². The Balaban J connectivity index is 1.70. The number of hydrogen-bond donors (Lipinski definition) is 1. The van der Waals surface area contributed by atoms with Crippen molar-refractivity contribution in [3.8, 4) is 0 Å². The van der Waals surface area contributed by atoms with Gasteiger partial charge in [0.15, 0.2) is 0 Å². The third kappa shape index (κ3) is 3.83. The molecule has 1 aromatic heterocycles. The Kier molecular flexibility index (Phi) is 4.97. The van der Waals surface area contributed by atoms with E-state index in [0.717, 1.165) is 18.1 Å². The van der Waals surface area contributed by atoms with Crippen molar-refractivity contribution in [1.29, 1.82) is 0 Å². The number of benzene rings is 1. The van der Waals surface area contributed by atoms with E-state index < -0.39 is 0 Å². The van der Waals surface area contributed by atoms with Crippen molar-refractivity contribution in [3.05, 3.63) is 47.7 Å². The molecule has 1 amide bonds. The zero-order valence-electron chi connectivity index (χ0n) is 14.4. The van der Waals surface area contributed by atoms with Crippen LogP contribution in [0.15, 0.2) is 36.4 Å². The van der Waals surface area contributed by atoms with Crippen LogP contribution in [0.1, 0.15) is 24.2 Å². The molecule has 0 aliphatic carbocycles. The molecule has 1 aliphatic heterocycles. The van der Waals surface area contributed by atoms with E-state index >= 15 is 0 Å². The van der Waals surface area contributed by atoms with Gasteiger partial charge in [0.05, 0.1) is 31.0 Å². The zero-order chi connectivity index (χ0) is 17.1. The van der Waals surface area contributed by atoms with Crippen LogP contribution >= 0.6 is 0 Å². The van der Waals surface area contributed by atoms with Gasteiger partial charge in [-0.25, -0.2) is 0 Å². The van der Waals surface area contributed by atoms with Gasteiger partial charge in [-0.2, -0.15) is 5.10 Å². The number of aryl methyl sites for hydroxylation is 2. The number of rotatable bonds is 4. The summed E-state index contributed by atoms with van der Waals surface area (Å²) >= 11 is 0. The summed E-state index contributed by atoms with van der Waals surface area (Å²) in [6, 6.07) is 12.2. The van der Waals surface area contributed by atoms with E-state index in [1.807, 2.05) is 45.2 Å². The van der Waals surface area contributed by atoms with Gasteiger partial charge in [-0.1, -0.05) is 30.3 Å². The summed E-state index contributed by atoms with van der Waals surface area (Å²) in [5.41, 5.74) is 2.06. The van der Waals surface area contributed by atoms with Crippen LogP contribution in [0.2, 0.25) is 0 Å². The Hall–Kier alpha value is -2.18. The summed E-state index contributed by atoms with van der Waals surface area (Å²) in [6.45, 7) is 5.61. The number of carbonyl (C=O) groups is 1. The highest BCUT2D eigenvalue weighted by atomic mass is 16.5. The molecular weight excluding hydrogens is 304 g/mol. The first-order valence-corrected chi connectivity index (χ1v) is 8.24. The number of morpholine rings is 1. The van der Waals surface area contributed by atoms with Crippen molar-refractivity contribution in [3.63, 3.8) is 0 Å². The van der Waals surface area contributed by atoms with Gasteiger partial charge in [-0.3, -0.25) is 14.4 Å². The smallest absolute Gasteiger partial charge is 0.239 e. The molecule has 1 saturated heterocycles. The number of anilines is 1. The number of carbonyl (C=O) groups excluding carboxylic acids is 1. The molecule has 128 valence electrons. The topological polar surface area (TPSA) is 59.4 Å². The molecule has 0 saturated carbocycles. The first kappa shape index (κ1) is 16.7. The van der Waals surface area contributed by atoms with Crippen LogP contribution in [0.4, 0.5) is 5.82 Å². The molecule has 3 rings (SSSR count). The standard InChI is InChI=1S/C18H24N4O2/c1-13-9-17(21(3)20-13)19-18(23)11-22-10-14(2)24-12-16(22)15-7-5-4-6-8-15/h4-9,14,16H,10-12H2,1-3H3,(H,19,23)/t14-,16-/m0/s1. The van der Waals surface area contributed by atoms with Crippen LogP contribution in [0.5, 0.6) is 0 Å². The summed E-state index contributed by atoms with van der Waals surface area (Å²) in [7, 11) is 1.83. The molecular formula is C18H24N4O2. The van der Waals surface area contributed by atoms with Crippen molar-refractivity contribution in [2.45, 2.75) is 26.0 Å². The number of ether oxygens (including phenoxy) is 1. The minimum absolute atomic E-state index is 0.0342. The first-order chi connectivity index (χ1) is 11.5. The SMILES string of the molecule is Cc1cc(NC(=O)CN2C[C@H](C)OC[C@H]2c2ccccc2)n(C)n1. The molecule has 2 heterocycles. The molecule has 1 aromatic carbocycles. The van der Waals surface area contributed by atoms with Gasteiger partial charge in [0.1, 0.15) is 5.82 Å². The second kappa shape index (κ2) is 7.15. The van der Waals surface area contributed by atoms with Crippen LogP contribution in [0.25, 0.3) is 0 Å². The van der Waals surface area contributed by atoms with Crippen molar-refractivity contribution >= 4 is 11.7 Å². The fraction of sp³-hybridized carbons (Fsp3) is 0.444. The molecule has 1 aliphatic rings. The normalized spacial score (nSPS) is 21.6. The minimum atomic E-state index is -0.0342. The van der Waals surface area contributed by atoms with E-state index in [9.17, 15) is 4.79 Å². The second-order valence-corrected chi connectivity index (χ2v) is 6.34. The lowest BCUT2D eigenvalue weighted by molar-refractivity contribution is -0.121. The van der Waals surface area contributed by atoms with Crippen molar-refractivity contribution < 1.29 is 9.53 Å². The summed E-state index contributed by atoms with van der Waals surface area (Å²) in [4.78, 5) is 14.7. The Morgan fingerprint density at radius 2 is 2.12 bits per heavy atom. The second-order valence-electron chi connectivity index (χ2n) is 6.34. The Morgan fingerprint density at radius 1 is 1.38 bits per heavy atom. The third-order valence-corrected chi connectivity index (χ3v) is 4.27. The van der Waals surface area contributed by atoms with Crippen LogP contribution in [-0.2, 0) is 16.6 Å². The van der Waals surface area contributed by atoms with Gasteiger partial charge < -0.3 is 10.1 Å². The van der Waals surface area contributed by atoms with Gasteiger partial charge in [0.25, 0.3) is 0 Å². The molecule has 6 nitrogen and oxygen atoms in total. The highest BCUT2D eigenvalue weighted by Gasteiger charge is 2.29. The largest absolute Gasteiger partial charge is 0.375 e. The van der Waals surface area contributed by atoms with Crippen molar-refractivity contribution in [1.82, 2.24) is 14.7 Å². The zero-order valence-corrected chi connectivity index (χ0v) is 14.4. The maximum absolute atomic E-state index is 12.5. The Bertz CT molecular complexity index is 698. The Morgan fingerprint density at radius 3 is 2.79 bits per heavy atom. The van der Waals surface area contributed by atoms with Gasteiger partial charge >= 0.3 is 0 Å². The van der Waals surface area contributed by atoms with E-state index in [1.165, 1.54) is 5.56 Å². The van der Waals surface area contributed by atoms with Crippen molar-refractivity contribution in [2.24, 2.45) is 7.05 Å². The minimum Gasteiger partial charge on any atom is -0.375 e. The maximum atomic E-state index is 12.5. The average Bonchev–Trinajstić information content (AvgIpc) is 2.85. The molecule has 2 atom stereocenters. The van der Waals surface area contributed by atoms with Crippen LogP contribution in [0, 0.1) is 6.92 Å². The van der Waals surface area contributed by atoms with Gasteiger partial charge in [0, 0.05) is 19.7 Å². The molecule has 0 spiro atoms. The monoisotopic (exact) mass is 328 g/mol. The van der Waals surface area contributed by atoms with E-state index in [2.05, 4.69) is 27.4 Å². The first-order valence-electron chi connectivity index (χ1n) is 8.24. The van der Waals surface area contributed by atoms with E-state index in [-0.39, 0.29) is 18.1 Å². The number of amides is 1. The molecule has 1 N–H and O–H groups in total. The molecule has 0 radical (unpaired) electrons. The average molecular weight is 328 g/mol. The predicted molar refractivity (Wildman–Crippen MR) is 92.7 cm³/mol. The van der Waals surface area contributed by atoms with E-state index in [0.29, 0.717) is 13.2 Å². The fourth-order valence-corrected chi connectivity index (χ4v) is 3.12. The summed E-state index contributed by atoms with van der Waals surface area (Å²) in [5, 5.41) is 7.20. The molecule has 6 heteroatoms. The summed E-state index contributed by atoms with van der Waals surface area (Å²) in [6.07, 6.45) is 0.122. The van der Waals surface area contributed by atoms with E-state index in [4.69, 9.17) is 4.74 Å². The lowest BCUT2D eigenvalue weighted by Gasteiger charge is -2.38. The summed E-state index contributed by atoms with van der Waals surface area (Å²) < 4.78 is 7.49. The highest BCUT2D eigenvalue weighted by Crippen LogP contribution is 2.26. The maximum Gasteiger partial charge on any atom is 0.239 e. The van der Waals surface area contributed by atoms with Crippen LogP contribution < -0.4 is 5.32 Å². The Labute approximate surface area is 142 Å².